The number of carbonyl (C=O) groups is 6. The lowest BCUT2D eigenvalue weighted by Crippen LogP contribution is -2.44. The highest BCUT2D eigenvalue weighted by Gasteiger charge is 2.71. The maximum Gasteiger partial charge on any atom is 0.333 e. The summed E-state index contributed by atoms with van der Waals surface area (Å²) in [7, 11) is 0. The quantitative estimate of drug-likeness (QED) is 0.0401. The second kappa shape index (κ2) is 29.0. The van der Waals surface area contributed by atoms with Gasteiger partial charge in [0.25, 0.3) is 0 Å². The second-order valence-electron chi connectivity index (χ2n) is 30.6. The van der Waals surface area contributed by atoms with Crippen LogP contribution in [0.15, 0.2) is 121 Å². The smallest absolute Gasteiger partial charge is 0.333 e. The SMILES string of the molecule is C=C(C)C(=O)OC1C2CC3C1OC(=O)C3C2C(=O)Cl.C=C(C)C(=O)OC1C2CC3C1OC(=O)C3C2C(=O)OC(c1ccc(OC2(C)CCCCC2)cc1)c1ccc(OC2(C)CCCCC2)cc1.CC1(Oc2ccc(C(O)c3ccc(OC4(C)CCCCC4)cc3)cc2)CCCCC1. The third kappa shape index (κ3) is 15.4. The summed E-state index contributed by atoms with van der Waals surface area (Å²) >= 11 is 5.60. The highest BCUT2D eigenvalue weighted by atomic mass is 35.5. The summed E-state index contributed by atoms with van der Waals surface area (Å²) in [6.07, 6.45) is 20.9. The first-order valence-electron chi connectivity index (χ1n) is 35.8. The Hall–Kier alpha value is -7.17. The number of fused-ring (bicyclic) bond motifs is 2. The Morgan fingerprint density at radius 2 is 0.742 bits per heavy atom. The Morgan fingerprint density at radius 1 is 0.454 bits per heavy atom. The molecule has 2 aliphatic heterocycles. The number of halogens is 1. The van der Waals surface area contributed by atoms with Gasteiger partial charge in [-0.1, -0.05) is 87.4 Å². The third-order valence-corrected chi connectivity index (χ3v) is 23.2. The molecule has 2 heterocycles. The molecule has 14 rings (SSSR count). The molecule has 10 aliphatic rings. The number of rotatable bonds is 19. The van der Waals surface area contributed by atoms with Gasteiger partial charge in [0.05, 0.1) is 23.7 Å². The van der Waals surface area contributed by atoms with E-state index in [-0.39, 0.29) is 57.2 Å². The van der Waals surface area contributed by atoms with E-state index in [2.05, 4.69) is 40.9 Å². The molecule has 12 atom stereocenters. The third-order valence-electron chi connectivity index (χ3n) is 22.9. The summed E-state index contributed by atoms with van der Waals surface area (Å²) in [6.45, 7) is 19.1. The van der Waals surface area contributed by atoms with Crippen molar-refractivity contribution in [1.82, 2.24) is 0 Å². The van der Waals surface area contributed by atoms with Crippen molar-refractivity contribution in [3.63, 3.8) is 0 Å². The van der Waals surface area contributed by atoms with Crippen LogP contribution >= 0.6 is 11.6 Å². The van der Waals surface area contributed by atoms with Gasteiger partial charge in [0.15, 0.2) is 6.10 Å². The number of aliphatic hydroxyl groups is 1. The van der Waals surface area contributed by atoms with E-state index < -0.39 is 95.4 Å². The van der Waals surface area contributed by atoms with Crippen LogP contribution in [0.1, 0.15) is 217 Å². The van der Waals surface area contributed by atoms with Crippen LogP contribution in [0.3, 0.4) is 0 Å². The minimum Gasteiger partial charge on any atom is -0.488 e. The molecule has 4 bridgehead atoms. The Bertz CT molecular complexity index is 3380. The molecule has 8 saturated carbocycles. The van der Waals surface area contributed by atoms with Gasteiger partial charge in [0.2, 0.25) is 5.24 Å². The number of ether oxygens (including phenoxy) is 9. The van der Waals surface area contributed by atoms with Crippen LogP contribution < -0.4 is 18.9 Å². The molecule has 0 amide bonds. The fourth-order valence-corrected chi connectivity index (χ4v) is 18.0. The van der Waals surface area contributed by atoms with Crippen molar-refractivity contribution in [2.45, 2.75) is 242 Å². The van der Waals surface area contributed by atoms with Crippen LogP contribution in [0.4, 0.5) is 0 Å². The summed E-state index contributed by atoms with van der Waals surface area (Å²) < 4.78 is 53.9. The fourth-order valence-electron chi connectivity index (χ4n) is 17.7. The van der Waals surface area contributed by atoms with Crippen molar-refractivity contribution in [2.24, 2.45) is 47.3 Å². The molecule has 0 spiro atoms. The molecular formula is C80H97ClO16. The van der Waals surface area contributed by atoms with Gasteiger partial charge in [-0.15, -0.1) is 0 Å². The minimum absolute atomic E-state index is 0.0524. The van der Waals surface area contributed by atoms with E-state index >= 15 is 0 Å². The largest absolute Gasteiger partial charge is 0.488 e. The van der Waals surface area contributed by atoms with Crippen molar-refractivity contribution in [1.29, 1.82) is 0 Å². The fraction of sp³-hybridized carbons (Fsp3) is 0.575. The van der Waals surface area contributed by atoms with Crippen molar-refractivity contribution in [3.05, 3.63) is 144 Å². The molecule has 0 aromatic heterocycles. The van der Waals surface area contributed by atoms with Gasteiger partial charge in [0, 0.05) is 34.8 Å². The first-order valence-corrected chi connectivity index (χ1v) is 36.1. The molecule has 8 aliphatic carbocycles. The lowest BCUT2D eigenvalue weighted by Gasteiger charge is -2.34. The van der Waals surface area contributed by atoms with Gasteiger partial charge in [-0.25, -0.2) is 9.59 Å². The highest BCUT2D eigenvalue weighted by molar-refractivity contribution is 6.64. The molecule has 4 aromatic carbocycles. The van der Waals surface area contributed by atoms with Crippen molar-refractivity contribution in [2.75, 3.05) is 0 Å². The molecule has 2 saturated heterocycles. The molecular weight excluding hydrogens is 1250 g/mol. The van der Waals surface area contributed by atoms with Gasteiger partial charge >= 0.3 is 29.8 Å². The summed E-state index contributed by atoms with van der Waals surface area (Å²) in [4.78, 5) is 74.7. The van der Waals surface area contributed by atoms with Gasteiger partial charge in [-0.2, -0.15) is 0 Å². The Kier molecular flexibility index (Phi) is 20.8. The van der Waals surface area contributed by atoms with Crippen LogP contribution in [-0.4, -0.2) is 87.0 Å². The Balaban J connectivity index is 0.000000155. The van der Waals surface area contributed by atoms with E-state index in [1.165, 1.54) is 51.4 Å². The number of aliphatic hydroxyl groups excluding tert-OH is 1. The van der Waals surface area contributed by atoms with Crippen LogP contribution in [-0.2, 0) is 52.5 Å². The maximum absolute atomic E-state index is 14.2. The van der Waals surface area contributed by atoms with Crippen LogP contribution in [0, 0.1) is 47.3 Å². The minimum atomic E-state index is -0.769. The molecule has 97 heavy (non-hydrogen) atoms. The summed E-state index contributed by atoms with van der Waals surface area (Å²) in [5.41, 5.74) is 3.40. The number of benzene rings is 4. The average Bonchev–Trinajstić information content (AvgIpc) is 1.56. The van der Waals surface area contributed by atoms with Gasteiger partial charge in [-0.05, 0) is 240 Å². The number of esters is 5. The average molecular weight is 1350 g/mol. The zero-order valence-corrected chi connectivity index (χ0v) is 58.0. The van der Waals surface area contributed by atoms with Crippen molar-refractivity contribution < 1.29 is 76.5 Å². The zero-order chi connectivity index (χ0) is 68.6. The first-order chi connectivity index (χ1) is 46.4. The summed E-state index contributed by atoms with van der Waals surface area (Å²) in [6, 6.07) is 31.4. The Morgan fingerprint density at radius 3 is 1.04 bits per heavy atom. The maximum atomic E-state index is 14.2. The van der Waals surface area contributed by atoms with Crippen LogP contribution in [0.5, 0.6) is 23.0 Å². The second-order valence-corrected chi connectivity index (χ2v) is 31.0. The summed E-state index contributed by atoms with van der Waals surface area (Å²) in [5, 5.41) is 10.3. The van der Waals surface area contributed by atoms with Crippen molar-refractivity contribution >= 4 is 46.7 Å². The van der Waals surface area contributed by atoms with Gasteiger partial charge < -0.3 is 47.7 Å². The number of carbonyl (C=O) groups excluding carboxylic acids is 6. The molecule has 1 N–H and O–H groups in total. The predicted molar refractivity (Wildman–Crippen MR) is 363 cm³/mol. The molecule has 4 aromatic rings. The molecule has 12 unspecified atom stereocenters. The van der Waals surface area contributed by atoms with E-state index in [4.69, 9.17) is 54.2 Å². The molecule has 17 heteroatoms. The van der Waals surface area contributed by atoms with E-state index in [0.29, 0.717) is 12.8 Å². The molecule has 10 fully saturated rings. The monoisotopic (exact) mass is 1350 g/mol. The van der Waals surface area contributed by atoms with Crippen molar-refractivity contribution in [3.8, 4) is 23.0 Å². The van der Waals surface area contributed by atoms with E-state index in [1.807, 2.05) is 97.1 Å². The molecule has 520 valence electrons. The van der Waals surface area contributed by atoms with Crippen LogP contribution in [0.25, 0.3) is 0 Å². The number of hydrogen-bond donors (Lipinski definition) is 1. The van der Waals surface area contributed by atoms with Gasteiger partial charge in [-0.3, -0.25) is 19.2 Å². The summed E-state index contributed by atoms with van der Waals surface area (Å²) in [5.74, 6) is -2.31. The zero-order valence-electron chi connectivity index (χ0n) is 57.2. The molecule has 16 nitrogen and oxygen atoms in total. The Labute approximate surface area is 576 Å². The standard InChI is InChI=1S/C40H48O8.C27H36O3.C13H13ClO5/c1-24(2)36(41)45-34-29-23-30-32(38(43)46-35(30)34)31(29)37(42)44-33(25-11-15-27(16-12-25)47-39(3)19-7-5-8-20-39)26-13-17-28(18-14-26)48-40(4)21-9-6-10-22-40;1-26(17-5-3-6-18-26)29-23-13-9-21(10-14-23)25(28)22-11-15-24(16-12-22)30-27(2)19-7-4-8-20-27;1-4(2)12(16)18-9-5-3-6-8(7(5)11(14)15)13(17)19-10(6)9/h11-18,29-35H,1,5-10,19-23H2,2-4H3;9-16,25,28H,3-8,17-20H2,1-2H3;5-10H,1,3H2,2H3. The van der Waals surface area contributed by atoms with E-state index in [9.17, 15) is 33.9 Å². The lowest BCUT2D eigenvalue weighted by atomic mass is 9.78. The van der Waals surface area contributed by atoms with E-state index in [0.717, 1.165) is 122 Å². The van der Waals surface area contributed by atoms with E-state index in [1.54, 1.807) is 13.8 Å². The highest BCUT2D eigenvalue weighted by Crippen LogP contribution is 2.61. The lowest BCUT2D eigenvalue weighted by molar-refractivity contribution is -0.164. The first kappa shape index (κ1) is 69.7. The predicted octanol–water partition coefficient (Wildman–Crippen LogP) is 15.8. The number of hydrogen-bond acceptors (Lipinski definition) is 16. The topological polar surface area (TPSA) is 206 Å². The van der Waals surface area contributed by atoms with Gasteiger partial charge in [0.1, 0.15) is 75.9 Å². The van der Waals surface area contributed by atoms with Crippen LogP contribution in [0.2, 0.25) is 0 Å². The molecule has 0 radical (unpaired) electrons. The normalized spacial score (nSPS) is 29.3.